The van der Waals surface area contributed by atoms with Gasteiger partial charge in [-0.05, 0) is 36.2 Å². The maximum absolute atomic E-state index is 13.1. The van der Waals surface area contributed by atoms with Crippen molar-refractivity contribution in [2.45, 2.75) is 13.0 Å². The van der Waals surface area contributed by atoms with Crippen LogP contribution < -0.4 is 5.32 Å². The van der Waals surface area contributed by atoms with E-state index < -0.39 is 12.0 Å². The summed E-state index contributed by atoms with van der Waals surface area (Å²) in [7, 11) is 0. The molecule has 1 heterocycles. The third-order valence-corrected chi connectivity index (χ3v) is 2.77. The molecule has 0 saturated carbocycles. The van der Waals surface area contributed by atoms with Crippen molar-refractivity contribution in [2.24, 2.45) is 0 Å². The Morgan fingerprint density at radius 3 is 2.89 bits per heavy atom. The first-order valence-electron chi connectivity index (χ1n) is 5.83. The average Bonchev–Trinajstić information content (AvgIpc) is 2.92. The molecule has 0 radical (unpaired) electrons. The number of amides is 1. The van der Waals surface area contributed by atoms with Crippen molar-refractivity contribution in [3.05, 3.63) is 59.3 Å². The predicted molar refractivity (Wildman–Crippen MR) is 67.1 cm³/mol. The molecule has 4 nitrogen and oxygen atoms in total. The molecule has 1 amide bonds. The van der Waals surface area contributed by atoms with E-state index in [0.29, 0.717) is 11.1 Å². The summed E-state index contributed by atoms with van der Waals surface area (Å²) in [6.07, 6.45) is 0.507. The summed E-state index contributed by atoms with van der Waals surface area (Å²) >= 11 is 0. The first-order chi connectivity index (χ1) is 9.08. The van der Waals surface area contributed by atoms with Crippen molar-refractivity contribution >= 4 is 5.91 Å². The number of benzene rings is 1. The van der Waals surface area contributed by atoms with Gasteiger partial charge in [-0.25, -0.2) is 4.39 Å². The van der Waals surface area contributed by atoms with Gasteiger partial charge in [0.05, 0.1) is 12.4 Å². The van der Waals surface area contributed by atoms with E-state index in [1.165, 1.54) is 24.5 Å². The number of nitrogens with one attached hydrogen (secondary N) is 1. The highest BCUT2D eigenvalue weighted by Crippen LogP contribution is 2.16. The van der Waals surface area contributed by atoms with Crippen molar-refractivity contribution < 1.29 is 18.7 Å². The van der Waals surface area contributed by atoms with E-state index in [4.69, 9.17) is 4.42 Å². The molecule has 0 spiro atoms. The van der Waals surface area contributed by atoms with E-state index in [2.05, 4.69) is 5.32 Å². The lowest BCUT2D eigenvalue weighted by molar-refractivity contribution is 0.0889. The maximum Gasteiger partial charge on any atom is 0.287 e. The molecule has 0 fully saturated rings. The summed E-state index contributed by atoms with van der Waals surface area (Å²) in [4.78, 5) is 11.6. The molecule has 0 aliphatic rings. The van der Waals surface area contributed by atoms with E-state index in [9.17, 15) is 14.3 Å². The molecule has 5 heteroatoms. The van der Waals surface area contributed by atoms with Gasteiger partial charge in [-0.1, -0.05) is 12.1 Å². The second kappa shape index (κ2) is 5.67. The monoisotopic (exact) mass is 263 g/mol. The number of rotatable bonds is 4. The fraction of sp³-hybridized carbons (Fsp3) is 0.214. The van der Waals surface area contributed by atoms with Crippen LogP contribution in [0.5, 0.6) is 0 Å². The van der Waals surface area contributed by atoms with Gasteiger partial charge < -0.3 is 14.8 Å². The lowest BCUT2D eigenvalue weighted by Gasteiger charge is -2.12. The maximum atomic E-state index is 13.1. The van der Waals surface area contributed by atoms with Gasteiger partial charge in [0.25, 0.3) is 5.91 Å². The fourth-order valence-electron chi connectivity index (χ4n) is 1.68. The number of aliphatic hydroxyl groups is 1. The van der Waals surface area contributed by atoms with Gasteiger partial charge in [-0.3, -0.25) is 4.79 Å². The van der Waals surface area contributed by atoms with E-state index in [0.717, 1.165) is 0 Å². The van der Waals surface area contributed by atoms with Gasteiger partial charge in [0, 0.05) is 6.54 Å². The van der Waals surface area contributed by atoms with Crippen molar-refractivity contribution in [1.29, 1.82) is 0 Å². The second-order valence-electron chi connectivity index (χ2n) is 4.21. The van der Waals surface area contributed by atoms with Crippen LogP contribution in [-0.2, 0) is 0 Å². The molecule has 0 saturated heterocycles. The highest BCUT2D eigenvalue weighted by atomic mass is 19.1. The van der Waals surface area contributed by atoms with Gasteiger partial charge in [0.15, 0.2) is 5.76 Å². The SMILES string of the molecule is Cc1cc(C(O)CNC(=O)c2ccco2)ccc1F. The second-order valence-corrected chi connectivity index (χ2v) is 4.21. The minimum Gasteiger partial charge on any atom is -0.459 e. The van der Waals surface area contributed by atoms with E-state index in [1.807, 2.05) is 0 Å². The summed E-state index contributed by atoms with van der Waals surface area (Å²) in [5, 5.41) is 12.5. The number of carbonyl (C=O) groups is 1. The largest absolute Gasteiger partial charge is 0.459 e. The Hall–Kier alpha value is -2.14. The minimum atomic E-state index is -0.891. The zero-order valence-corrected chi connectivity index (χ0v) is 10.4. The van der Waals surface area contributed by atoms with E-state index in [1.54, 1.807) is 19.1 Å². The van der Waals surface area contributed by atoms with Crippen LogP contribution in [0.25, 0.3) is 0 Å². The molecule has 1 aromatic carbocycles. The molecule has 0 aliphatic heterocycles. The van der Waals surface area contributed by atoms with Gasteiger partial charge >= 0.3 is 0 Å². The summed E-state index contributed by atoms with van der Waals surface area (Å²) in [5.74, 6) is -0.541. The first-order valence-corrected chi connectivity index (χ1v) is 5.83. The fourth-order valence-corrected chi connectivity index (χ4v) is 1.68. The number of carbonyl (C=O) groups excluding carboxylic acids is 1. The highest BCUT2D eigenvalue weighted by Gasteiger charge is 2.13. The van der Waals surface area contributed by atoms with Gasteiger partial charge in [-0.15, -0.1) is 0 Å². The standard InChI is InChI=1S/C14H14FNO3/c1-9-7-10(4-5-11(9)15)12(17)8-16-14(18)13-3-2-6-19-13/h2-7,12,17H,8H2,1H3,(H,16,18). The Morgan fingerprint density at radius 1 is 1.47 bits per heavy atom. The minimum absolute atomic E-state index is 0.0323. The molecule has 2 rings (SSSR count). The smallest absolute Gasteiger partial charge is 0.287 e. The number of aryl methyl sites for hydroxylation is 1. The zero-order valence-electron chi connectivity index (χ0n) is 10.4. The Morgan fingerprint density at radius 2 is 2.26 bits per heavy atom. The van der Waals surface area contributed by atoms with E-state index >= 15 is 0 Å². The third kappa shape index (κ3) is 3.20. The van der Waals surface area contributed by atoms with Crippen molar-refractivity contribution in [3.8, 4) is 0 Å². The molecule has 100 valence electrons. The van der Waals surface area contributed by atoms with Gasteiger partial charge in [0.2, 0.25) is 0 Å². The third-order valence-electron chi connectivity index (χ3n) is 2.77. The van der Waals surface area contributed by atoms with Crippen LogP contribution in [0, 0.1) is 12.7 Å². The molecule has 2 aromatic rings. The van der Waals surface area contributed by atoms with Crippen LogP contribution in [0.1, 0.15) is 27.8 Å². The molecule has 1 aromatic heterocycles. The highest BCUT2D eigenvalue weighted by molar-refractivity contribution is 5.91. The Balaban J connectivity index is 1.95. The summed E-state index contributed by atoms with van der Waals surface area (Å²) < 4.78 is 18.0. The molecule has 19 heavy (non-hydrogen) atoms. The summed E-state index contributed by atoms with van der Waals surface area (Å²) in [5.41, 5.74) is 1.01. The molecule has 0 bridgehead atoms. The number of halogens is 1. The Labute approximate surface area is 109 Å². The molecule has 1 unspecified atom stereocenters. The number of hydrogen-bond donors (Lipinski definition) is 2. The Bertz CT molecular complexity index is 566. The van der Waals surface area contributed by atoms with Gasteiger partial charge in [-0.2, -0.15) is 0 Å². The van der Waals surface area contributed by atoms with Crippen molar-refractivity contribution in [1.82, 2.24) is 5.32 Å². The van der Waals surface area contributed by atoms with Gasteiger partial charge in [0.1, 0.15) is 5.82 Å². The number of aliphatic hydroxyl groups excluding tert-OH is 1. The molecule has 1 atom stereocenters. The van der Waals surface area contributed by atoms with Crippen LogP contribution in [0.3, 0.4) is 0 Å². The van der Waals surface area contributed by atoms with Crippen LogP contribution in [0.2, 0.25) is 0 Å². The average molecular weight is 263 g/mol. The molecular formula is C14H14FNO3. The lowest BCUT2D eigenvalue weighted by Crippen LogP contribution is -2.28. The van der Waals surface area contributed by atoms with Crippen LogP contribution in [-0.4, -0.2) is 17.6 Å². The molecular weight excluding hydrogens is 249 g/mol. The van der Waals surface area contributed by atoms with E-state index in [-0.39, 0.29) is 18.1 Å². The Kier molecular flexibility index (Phi) is 3.97. The van der Waals surface area contributed by atoms with Crippen LogP contribution in [0.15, 0.2) is 41.0 Å². The molecule has 0 aliphatic carbocycles. The normalized spacial score (nSPS) is 12.2. The zero-order chi connectivity index (χ0) is 13.8. The predicted octanol–water partition coefficient (Wildman–Crippen LogP) is 2.19. The quantitative estimate of drug-likeness (QED) is 0.888. The summed E-state index contributed by atoms with van der Waals surface area (Å²) in [6, 6.07) is 7.48. The van der Waals surface area contributed by atoms with Crippen molar-refractivity contribution in [2.75, 3.05) is 6.54 Å². The number of furan rings is 1. The first kappa shape index (κ1) is 13.3. The topological polar surface area (TPSA) is 62.5 Å². The summed E-state index contributed by atoms with van der Waals surface area (Å²) in [6.45, 7) is 1.65. The van der Waals surface area contributed by atoms with Crippen molar-refractivity contribution in [3.63, 3.8) is 0 Å². The number of hydrogen-bond acceptors (Lipinski definition) is 3. The molecule has 2 N–H and O–H groups in total. The van der Waals surface area contributed by atoms with Crippen LogP contribution in [0.4, 0.5) is 4.39 Å². The lowest BCUT2D eigenvalue weighted by atomic mass is 10.1. The van der Waals surface area contributed by atoms with Crippen LogP contribution >= 0.6 is 0 Å².